The summed E-state index contributed by atoms with van der Waals surface area (Å²) in [5.74, 6) is -0.703. The minimum absolute atomic E-state index is 0.0362. The Morgan fingerprint density at radius 1 is 1.15 bits per heavy atom. The Hall–Kier alpha value is -3.09. The molecule has 1 atom stereocenters. The normalized spacial score (nSPS) is 19.3. The number of piperidine rings is 1. The summed E-state index contributed by atoms with van der Waals surface area (Å²) in [6.07, 6.45) is 4.85. The fourth-order valence-corrected chi connectivity index (χ4v) is 3.58. The second-order valence-corrected chi connectivity index (χ2v) is 6.60. The van der Waals surface area contributed by atoms with Gasteiger partial charge in [-0.3, -0.25) is 9.78 Å². The molecule has 7 nitrogen and oxygen atoms in total. The van der Waals surface area contributed by atoms with Crippen LogP contribution in [-0.4, -0.2) is 34.1 Å². The van der Waals surface area contributed by atoms with Gasteiger partial charge in [-0.05, 0) is 30.9 Å². The molecule has 2 aliphatic rings. The van der Waals surface area contributed by atoms with Gasteiger partial charge in [0.1, 0.15) is 11.5 Å². The maximum atomic E-state index is 12.8. The van der Waals surface area contributed by atoms with Gasteiger partial charge in [-0.25, -0.2) is 4.79 Å². The summed E-state index contributed by atoms with van der Waals surface area (Å²) in [7, 11) is 0. The number of carbonyl (C=O) groups is 1. The number of anilines is 2. The summed E-state index contributed by atoms with van der Waals surface area (Å²) in [6.45, 7) is 1.68. The van der Waals surface area contributed by atoms with Gasteiger partial charge < -0.3 is 15.3 Å². The maximum absolute atomic E-state index is 12.8. The molecule has 0 saturated carbocycles. The number of hydrogen-bond acceptors (Lipinski definition) is 5. The summed E-state index contributed by atoms with van der Waals surface area (Å²) in [5.41, 5.74) is 1.10. The van der Waals surface area contributed by atoms with E-state index in [0.717, 1.165) is 31.5 Å². The molecular formula is C19H20N4O3. The summed E-state index contributed by atoms with van der Waals surface area (Å²) in [4.78, 5) is 33.9. The summed E-state index contributed by atoms with van der Waals surface area (Å²) in [6, 6.07) is 9.39. The number of fused-ring (bicyclic) bond motifs is 1. The number of carboxylic acids is 1. The molecule has 2 aromatic rings. The molecule has 26 heavy (non-hydrogen) atoms. The zero-order valence-electron chi connectivity index (χ0n) is 14.2. The van der Waals surface area contributed by atoms with Crippen LogP contribution in [0.3, 0.4) is 0 Å². The number of nitrogens with zero attached hydrogens (tertiary/aromatic N) is 2. The third kappa shape index (κ3) is 2.96. The largest absolute Gasteiger partial charge is 0.477 e. The molecule has 3 heterocycles. The van der Waals surface area contributed by atoms with Crippen LogP contribution in [0.2, 0.25) is 0 Å². The van der Waals surface area contributed by atoms with Crippen LogP contribution in [0.25, 0.3) is 0 Å². The molecule has 0 unspecified atom stereocenters. The molecule has 7 heteroatoms. The zero-order valence-corrected chi connectivity index (χ0v) is 14.2. The van der Waals surface area contributed by atoms with E-state index < -0.39 is 11.9 Å². The van der Waals surface area contributed by atoms with Crippen LogP contribution in [0.4, 0.5) is 11.8 Å². The molecule has 134 valence electrons. The number of carboxylic acid groups (broad SMARTS) is 1. The van der Waals surface area contributed by atoms with Crippen LogP contribution in [0.1, 0.15) is 36.3 Å². The first-order chi connectivity index (χ1) is 12.6. The predicted octanol–water partition coefficient (Wildman–Crippen LogP) is 2.29. The van der Waals surface area contributed by atoms with Crippen LogP contribution in [-0.2, 0) is 4.79 Å². The lowest BCUT2D eigenvalue weighted by atomic mass is 9.89. The van der Waals surface area contributed by atoms with Crippen molar-refractivity contribution in [2.24, 2.45) is 0 Å². The van der Waals surface area contributed by atoms with Gasteiger partial charge in [-0.2, -0.15) is 4.98 Å². The van der Waals surface area contributed by atoms with Gasteiger partial charge in [0.05, 0.1) is 5.56 Å². The molecule has 1 fully saturated rings. The zero-order chi connectivity index (χ0) is 18.1. The van der Waals surface area contributed by atoms with Crippen LogP contribution in [0.15, 0.2) is 46.9 Å². The SMILES string of the molecule is O=C(O)C1=C[C@H](c2ccccc2)c2c(nc(N3CCCCC3)[nH]c2=O)N1. The standard InChI is InChI=1S/C19H20N4O3/c24-17-15-13(12-7-3-1-4-8-12)11-14(18(25)26)20-16(15)21-19(22-17)23-9-5-2-6-10-23/h1,3-4,7-8,11,13H,2,5-6,9-10H2,(H,25,26)(H2,20,21,22,24)/t13-/m1/s1. The van der Waals surface area contributed by atoms with Crippen LogP contribution >= 0.6 is 0 Å². The van der Waals surface area contributed by atoms with Crippen LogP contribution < -0.4 is 15.8 Å². The second-order valence-electron chi connectivity index (χ2n) is 6.60. The molecule has 0 radical (unpaired) electrons. The number of benzene rings is 1. The van der Waals surface area contributed by atoms with Gasteiger partial charge in [-0.1, -0.05) is 30.3 Å². The quantitative estimate of drug-likeness (QED) is 0.784. The average Bonchev–Trinajstić information content (AvgIpc) is 2.68. The van der Waals surface area contributed by atoms with Gasteiger partial charge in [-0.15, -0.1) is 0 Å². The van der Waals surface area contributed by atoms with Gasteiger partial charge in [0.15, 0.2) is 0 Å². The van der Waals surface area contributed by atoms with E-state index in [1.165, 1.54) is 6.42 Å². The van der Waals surface area contributed by atoms with Gasteiger partial charge in [0.2, 0.25) is 5.95 Å². The number of aromatic amines is 1. The molecule has 0 amide bonds. The van der Waals surface area contributed by atoms with E-state index in [1.807, 2.05) is 35.2 Å². The van der Waals surface area contributed by atoms with E-state index in [1.54, 1.807) is 6.08 Å². The third-order valence-electron chi connectivity index (χ3n) is 4.88. The minimum Gasteiger partial charge on any atom is -0.477 e. The Morgan fingerprint density at radius 2 is 1.88 bits per heavy atom. The molecule has 0 aliphatic carbocycles. The molecule has 0 bridgehead atoms. The summed E-state index contributed by atoms with van der Waals surface area (Å²) >= 11 is 0. The Labute approximate surface area is 150 Å². The van der Waals surface area contributed by atoms with Crippen molar-refractivity contribution in [3.8, 4) is 0 Å². The van der Waals surface area contributed by atoms with Gasteiger partial charge in [0.25, 0.3) is 5.56 Å². The number of H-pyrrole nitrogens is 1. The van der Waals surface area contributed by atoms with Crippen molar-refractivity contribution in [3.63, 3.8) is 0 Å². The lowest BCUT2D eigenvalue weighted by molar-refractivity contribution is -0.132. The van der Waals surface area contributed by atoms with Crippen molar-refractivity contribution in [2.75, 3.05) is 23.3 Å². The predicted molar refractivity (Wildman–Crippen MR) is 98.5 cm³/mol. The number of allylic oxidation sites excluding steroid dienone is 1. The Kier molecular flexibility index (Phi) is 4.20. The number of aliphatic carboxylic acids is 1. The smallest absolute Gasteiger partial charge is 0.352 e. The van der Waals surface area contributed by atoms with E-state index in [-0.39, 0.29) is 11.3 Å². The van der Waals surface area contributed by atoms with Gasteiger partial charge >= 0.3 is 5.97 Å². The van der Waals surface area contributed by atoms with E-state index >= 15 is 0 Å². The first-order valence-electron chi connectivity index (χ1n) is 8.80. The number of rotatable bonds is 3. The molecule has 1 aromatic carbocycles. The summed E-state index contributed by atoms with van der Waals surface area (Å²) < 4.78 is 0. The van der Waals surface area contributed by atoms with Crippen molar-refractivity contribution in [3.05, 3.63) is 63.6 Å². The second kappa shape index (κ2) is 6.67. The topological polar surface area (TPSA) is 98.3 Å². The number of nitrogens with one attached hydrogen (secondary N) is 2. The molecule has 0 spiro atoms. The highest BCUT2D eigenvalue weighted by Gasteiger charge is 2.29. The Balaban J connectivity index is 1.82. The minimum atomic E-state index is -1.07. The van der Waals surface area contributed by atoms with Crippen molar-refractivity contribution in [2.45, 2.75) is 25.2 Å². The fourth-order valence-electron chi connectivity index (χ4n) is 3.58. The van der Waals surface area contributed by atoms with Crippen molar-refractivity contribution in [1.82, 2.24) is 9.97 Å². The van der Waals surface area contributed by atoms with E-state index in [4.69, 9.17) is 0 Å². The van der Waals surface area contributed by atoms with Crippen molar-refractivity contribution < 1.29 is 9.90 Å². The highest BCUT2D eigenvalue weighted by atomic mass is 16.4. The van der Waals surface area contributed by atoms with Crippen LogP contribution in [0, 0.1) is 0 Å². The lowest BCUT2D eigenvalue weighted by Crippen LogP contribution is -2.35. The summed E-state index contributed by atoms with van der Waals surface area (Å²) in [5, 5.41) is 12.3. The molecule has 1 saturated heterocycles. The first-order valence-corrected chi connectivity index (χ1v) is 8.80. The Morgan fingerprint density at radius 3 is 2.58 bits per heavy atom. The van der Waals surface area contributed by atoms with E-state index in [0.29, 0.717) is 17.3 Å². The average molecular weight is 352 g/mol. The highest BCUT2D eigenvalue weighted by molar-refractivity contribution is 5.91. The van der Waals surface area contributed by atoms with Crippen molar-refractivity contribution >= 4 is 17.7 Å². The number of hydrogen-bond donors (Lipinski definition) is 3. The fraction of sp³-hybridized carbons (Fsp3) is 0.316. The molecule has 3 N–H and O–H groups in total. The Bertz CT molecular complexity index is 914. The van der Waals surface area contributed by atoms with Crippen LogP contribution in [0.5, 0.6) is 0 Å². The molecule has 4 rings (SSSR count). The molecule has 2 aliphatic heterocycles. The monoisotopic (exact) mass is 352 g/mol. The van der Waals surface area contributed by atoms with E-state index in [9.17, 15) is 14.7 Å². The third-order valence-corrected chi connectivity index (χ3v) is 4.88. The molecular weight excluding hydrogens is 332 g/mol. The first kappa shape index (κ1) is 16.4. The number of aromatic nitrogens is 2. The lowest BCUT2D eigenvalue weighted by Gasteiger charge is -2.29. The van der Waals surface area contributed by atoms with Gasteiger partial charge in [0, 0.05) is 19.0 Å². The molecule has 1 aromatic heterocycles. The van der Waals surface area contributed by atoms with Crippen molar-refractivity contribution in [1.29, 1.82) is 0 Å². The highest BCUT2D eigenvalue weighted by Crippen LogP contribution is 2.34. The van der Waals surface area contributed by atoms with E-state index in [2.05, 4.69) is 15.3 Å². The maximum Gasteiger partial charge on any atom is 0.352 e.